The number of benzene rings is 2. The zero-order valence-corrected chi connectivity index (χ0v) is 23.4. The van der Waals surface area contributed by atoms with Crippen molar-refractivity contribution < 1.29 is 22.9 Å². The summed E-state index contributed by atoms with van der Waals surface area (Å²) in [5.41, 5.74) is 0.862. The van der Waals surface area contributed by atoms with Gasteiger partial charge in [-0.05, 0) is 48.5 Å². The van der Waals surface area contributed by atoms with E-state index >= 15 is 0 Å². The largest absolute Gasteiger partial charge is 0.379 e. The summed E-state index contributed by atoms with van der Waals surface area (Å²) in [4.78, 5) is 29.2. The third-order valence-electron chi connectivity index (χ3n) is 5.51. The van der Waals surface area contributed by atoms with Crippen molar-refractivity contribution in [1.29, 1.82) is 0 Å². The van der Waals surface area contributed by atoms with Crippen LogP contribution < -0.4 is 5.01 Å². The molecule has 3 heterocycles. The molecule has 0 spiro atoms. The predicted molar refractivity (Wildman–Crippen MR) is 149 cm³/mol. The van der Waals surface area contributed by atoms with Gasteiger partial charge in [0.25, 0.3) is 5.91 Å². The lowest BCUT2D eigenvalue weighted by atomic mass is 10.2. The van der Waals surface area contributed by atoms with Crippen molar-refractivity contribution in [3.63, 3.8) is 0 Å². The van der Waals surface area contributed by atoms with Crippen molar-refractivity contribution in [3.05, 3.63) is 79.6 Å². The number of anilines is 1. The molecular formula is C23H18BrN5O6S3. The molecule has 2 aromatic heterocycles. The number of hydrogen-bond donors (Lipinski definition) is 0. The lowest BCUT2D eigenvalue weighted by Gasteiger charge is -2.26. The Bertz CT molecular complexity index is 1650. The maximum absolute atomic E-state index is 13.6. The molecule has 0 bridgehead atoms. The van der Waals surface area contributed by atoms with Gasteiger partial charge in [0, 0.05) is 29.2 Å². The quantitative estimate of drug-likeness (QED) is 0.163. The molecule has 2 aromatic carbocycles. The number of hydrogen-bond acceptors (Lipinski definition) is 10. The smallest absolute Gasteiger partial charge is 0.324 e. The number of hydrazone groups is 1. The van der Waals surface area contributed by atoms with Crippen LogP contribution in [0.4, 0.5) is 10.1 Å². The summed E-state index contributed by atoms with van der Waals surface area (Å²) < 4.78 is 34.2. The zero-order valence-electron chi connectivity index (χ0n) is 19.4. The maximum Gasteiger partial charge on any atom is 0.324 e. The van der Waals surface area contributed by atoms with Gasteiger partial charge in [0.15, 0.2) is 0 Å². The second-order valence-electron chi connectivity index (χ2n) is 7.94. The Labute approximate surface area is 233 Å². The Morgan fingerprint density at radius 1 is 1.13 bits per heavy atom. The van der Waals surface area contributed by atoms with Gasteiger partial charge < -0.3 is 4.74 Å². The summed E-state index contributed by atoms with van der Waals surface area (Å²) in [6.07, 6.45) is 1.36. The highest BCUT2D eigenvalue weighted by Gasteiger charge is 2.27. The van der Waals surface area contributed by atoms with Gasteiger partial charge in [-0.15, -0.1) is 0 Å². The van der Waals surface area contributed by atoms with Gasteiger partial charge in [0.2, 0.25) is 15.2 Å². The molecule has 196 valence electrons. The fourth-order valence-corrected chi connectivity index (χ4v) is 7.19. The van der Waals surface area contributed by atoms with E-state index in [9.17, 15) is 23.3 Å². The number of thiophene rings is 1. The number of carbonyl (C=O) groups is 1. The molecule has 1 aliphatic rings. The minimum absolute atomic E-state index is 0.0498. The number of aromatic nitrogens is 1. The van der Waals surface area contributed by atoms with E-state index in [-0.39, 0.29) is 33.7 Å². The molecule has 1 aliphatic heterocycles. The molecule has 1 fully saturated rings. The van der Waals surface area contributed by atoms with Crippen LogP contribution in [0.2, 0.25) is 0 Å². The first-order valence-corrected chi connectivity index (χ1v) is 15.0. The zero-order chi connectivity index (χ0) is 26.9. The van der Waals surface area contributed by atoms with Crippen molar-refractivity contribution in [2.45, 2.75) is 4.90 Å². The van der Waals surface area contributed by atoms with Gasteiger partial charge in [-0.1, -0.05) is 38.6 Å². The van der Waals surface area contributed by atoms with Crippen LogP contribution >= 0.6 is 38.6 Å². The fourth-order valence-electron chi connectivity index (χ4n) is 3.62. The Kier molecular flexibility index (Phi) is 7.65. The molecule has 38 heavy (non-hydrogen) atoms. The number of nitrogens with zero attached hydrogens (tertiary/aromatic N) is 5. The first-order chi connectivity index (χ1) is 18.2. The highest BCUT2D eigenvalue weighted by Crippen LogP contribution is 2.32. The number of halogens is 1. The lowest BCUT2D eigenvalue weighted by molar-refractivity contribution is -0.380. The van der Waals surface area contributed by atoms with Gasteiger partial charge in [0.1, 0.15) is 0 Å². The number of nitro groups is 1. The molecule has 15 heteroatoms. The molecule has 11 nitrogen and oxygen atoms in total. The Morgan fingerprint density at radius 2 is 1.87 bits per heavy atom. The topological polar surface area (TPSA) is 135 Å². The van der Waals surface area contributed by atoms with Gasteiger partial charge >= 0.3 is 5.00 Å². The average Bonchev–Trinajstić information content (AvgIpc) is 3.56. The van der Waals surface area contributed by atoms with Gasteiger partial charge in [0.05, 0.1) is 44.3 Å². The van der Waals surface area contributed by atoms with Gasteiger partial charge in [-0.25, -0.2) is 13.4 Å². The molecule has 4 aromatic rings. The first kappa shape index (κ1) is 26.5. The van der Waals surface area contributed by atoms with Crippen LogP contribution in [0.5, 0.6) is 0 Å². The number of ether oxygens (including phenoxy) is 1. The van der Waals surface area contributed by atoms with Crippen LogP contribution in [-0.2, 0) is 14.8 Å². The van der Waals surface area contributed by atoms with Crippen LogP contribution in [0.25, 0.3) is 10.2 Å². The highest BCUT2D eigenvalue weighted by molar-refractivity contribution is 9.10. The van der Waals surface area contributed by atoms with Crippen molar-refractivity contribution >= 4 is 81.1 Å². The minimum atomic E-state index is -3.72. The molecule has 0 saturated carbocycles. The Hall–Kier alpha value is -3.08. The van der Waals surface area contributed by atoms with E-state index in [4.69, 9.17) is 4.74 Å². The molecule has 1 saturated heterocycles. The van der Waals surface area contributed by atoms with Crippen LogP contribution in [0, 0.1) is 10.1 Å². The Morgan fingerprint density at radius 3 is 2.55 bits per heavy atom. The summed E-state index contributed by atoms with van der Waals surface area (Å²) in [5, 5.41) is 16.7. The lowest BCUT2D eigenvalue weighted by Crippen LogP contribution is -2.40. The fraction of sp³-hybridized carbons (Fsp3) is 0.174. The van der Waals surface area contributed by atoms with E-state index in [0.29, 0.717) is 23.6 Å². The third kappa shape index (κ3) is 5.52. The van der Waals surface area contributed by atoms with E-state index in [2.05, 4.69) is 26.0 Å². The van der Waals surface area contributed by atoms with E-state index < -0.39 is 20.9 Å². The van der Waals surface area contributed by atoms with E-state index in [1.54, 1.807) is 6.07 Å². The molecule has 0 radical (unpaired) electrons. The molecule has 0 aliphatic carbocycles. The van der Waals surface area contributed by atoms with E-state index in [0.717, 1.165) is 25.5 Å². The summed E-state index contributed by atoms with van der Waals surface area (Å²) in [7, 11) is -3.72. The number of fused-ring (bicyclic) bond motifs is 1. The molecule has 0 atom stereocenters. The number of sulfonamides is 1. The van der Waals surface area contributed by atoms with Crippen LogP contribution in [-0.4, -0.2) is 61.1 Å². The number of rotatable bonds is 7. The SMILES string of the molecule is O=C(c1ccc(S(=O)(=O)N2CCOCC2)cc1)N(/N=C/c1ccc([N+](=O)[O-])s1)c1nc2ccc(Br)cc2s1. The Balaban J connectivity index is 1.47. The first-order valence-electron chi connectivity index (χ1n) is 11.1. The van der Waals surface area contributed by atoms with E-state index in [1.807, 2.05) is 12.1 Å². The number of thiazole rings is 1. The van der Waals surface area contributed by atoms with Crippen molar-refractivity contribution in [3.8, 4) is 0 Å². The van der Waals surface area contributed by atoms with Crippen molar-refractivity contribution in [2.24, 2.45) is 5.10 Å². The standard InChI is InChI=1S/C23H18BrN5O6S3/c24-16-3-7-19-20(13-16)37-23(26-19)28(25-14-17-4-8-21(36-17)29(31)32)22(30)15-1-5-18(6-2-15)38(33,34)27-9-11-35-12-10-27/h1-8,13-14H,9-12H2/b25-14+. The summed E-state index contributed by atoms with van der Waals surface area (Å²) in [6, 6.07) is 14.0. The van der Waals surface area contributed by atoms with Crippen LogP contribution in [0.1, 0.15) is 15.2 Å². The van der Waals surface area contributed by atoms with Gasteiger partial charge in [-0.2, -0.15) is 14.4 Å². The molecule has 0 N–H and O–H groups in total. The van der Waals surface area contributed by atoms with Crippen molar-refractivity contribution in [1.82, 2.24) is 9.29 Å². The summed E-state index contributed by atoms with van der Waals surface area (Å²) in [5.74, 6) is -0.541. The van der Waals surface area contributed by atoms with Crippen LogP contribution in [0.15, 0.2) is 69.1 Å². The molecule has 0 unspecified atom stereocenters. The molecule has 1 amide bonds. The van der Waals surface area contributed by atoms with Gasteiger partial charge in [-0.3, -0.25) is 14.9 Å². The van der Waals surface area contributed by atoms with Crippen LogP contribution in [0.3, 0.4) is 0 Å². The monoisotopic (exact) mass is 635 g/mol. The highest BCUT2D eigenvalue weighted by atomic mass is 79.9. The number of carbonyl (C=O) groups excluding carboxylic acids is 1. The third-order valence-corrected chi connectivity index (χ3v) is 9.89. The maximum atomic E-state index is 13.6. The normalized spacial score (nSPS) is 14.8. The second-order valence-corrected chi connectivity index (χ2v) is 12.9. The predicted octanol–water partition coefficient (Wildman–Crippen LogP) is 4.73. The van der Waals surface area contributed by atoms with Crippen molar-refractivity contribution in [2.75, 3.05) is 31.3 Å². The summed E-state index contributed by atoms with van der Waals surface area (Å²) >= 11 is 5.59. The minimum Gasteiger partial charge on any atom is -0.379 e. The van der Waals surface area contributed by atoms with E-state index in [1.165, 1.54) is 58.3 Å². The number of morpholine rings is 1. The number of amides is 1. The summed E-state index contributed by atoms with van der Waals surface area (Å²) in [6.45, 7) is 1.18. The molecular weight excluding hydrogens is 618 g/mol. The second kappa shape index (κ2) is 11.0. The molecule has 5 rings (SSSR count). The average molecular weight is 637 g/mol.